The molecular formula is C24H22N2O3. The van der Waals surface area contributed by atoms with Crippen molar-refractivity contribution in [2.24, 2.45) is 0 Å². The predicted octanol–water partition coefficient (Wildman–Crippen LogP) is 4.90. The molecule has 1 atom stereocenters. The van der Waals surface area contributed by atoms with Crippen molar-refractivity contribution >= 4 is 11.7 Å². The Kier molecular flexibility index (Phi) is 4.35. The fourth-order valence-electron chi connectivity index (χ4n) is 4.06. The summed E-state index contributed by atoms with van der Waals surface area (Å²) in [7, 11) is 0. The van der Waals surface area contributed by atoms with Crippen LogP contribution in [0.25, 0.3) is 0 Å². The number of aryl methyl sites for hydroxylation is 1. The maximum atomic E-state index is 13.3. The van der Waals surface area contributed by atoms with E-state index in [4.69, 9.17) is 9.47 Å². The molecular weight excluding hydrogens is 364 g/mol. The number of carbonyl (C=O) groups is 1. The first-order valence-electron chi connectivity index (χ1n) is 9.81. The molecule has 3 aromatic rings. The van der Waals surface area contributed by atoms with Crippen LogP contribution in [0.15, 0.2) is 66.7 Å². The summed E-state index contributed by atoms with van der Waals surface area (Å²) in [4.78, 5) is 15.2. The molecule has 5 heteroatoms. The van der Waals surface area contributed by atoms with Gasteiger partial charge in [0.25, 0.3) is 0 Å². The average Bonchev–Trinajstić information content (AvgIpc) is 3.21. The third-order valence-corrected chi connectivity index (χ3v) is 5.56. The molecule has 0 fully saturated rings. The molecule has 3 aromatic carbocycles. The van der Waals surface area contributed by atoms with Crippen LogP contribution in [0.4, 0.5) is 10.5 Å². The second kappa shape index (κ2) is 7.17. The Bertz CT molecular complexity index is 1060. The minimum atomic E-state index is -0.121. The molecule has 0 bridgehead atoms. The van der Waals surface area contributed by atoms with Crippen LogP contribution in [0.2, 0.25) is 0 Å². The molecule has 0 unspecified atom stereocenters. The number of urea groups is 1. The van der Waals surface area contributed by atoms with Gasteiger partial charge in [-0.15, -0.1) is 0 Å². The topological polar surface area (TPSA) is 50.8 Å². The zero-order chi connectivity index (χ0) is 19.8. The molecule has 0 aromatic heterocycles. The number of amides is 2. The Morgan fingerprint density at radius 1 is 1.00 bits per heavy atom. The van der Waals surface area contributed by atoms with Gasteiger partial charge in [-0.2, -0.15) is 0 Å². The molecule has 0 saturated heterocycles. The van der Waals surface area contributed by atoms with Gasteiger partial charge in [0, 0.05) is 18.3 Å². The molecule has 2 amide bonds. The van der Waals surface area contributed by atoms with Crippen molar-refractivity contribution in [1.82, 2.24) is 4.90 Å². The van der Waals surface area contributed by atoms with Crippen molar-refractivity contribution in [2.45, 2.75) is 19.4 Å². The number of hydrogen-bond acceptors (Lipinski definition) is 3. The second-order valence-corrected chi connectivity index (χ2v) is 7.45. The van der Waals surface area contributed by atoms with Gasteiger partial charge < -0.3 is 19.7 Å². The minimum Gasteiger partial charge on any atom is -0.454 e. The summed E-state index contributed by atoms with van der Waals surface area (Å²) in [6.45, 7) is 2.94. The lowest BCUT2D eigenvalue weighted by Gasteiger charge is -2.37. The summed E-state index contributed by atoms with van der Waals surface area (Å²) < 4.78 is 10.8. The van der Waals surface area contributed by atoms with Crippen LogP contribution >= 0.6 is 0 Å². The van der Waals surface area contributed by atoms with E-state index in [1.807, 2.05) is 23.1 Å². The van der Waals surface area contributed by atoms with E-state index in [-0.39, 0.29) is 18.9 Å². The quantitative estimate of drug-likeness (QED) is 0.681. The standard InChI is InChI=1S/C24H22N2O3/c1-16-6-8-18(9-7-16)23-20-5-3-2-4-17(20)12-13-26(23)24(27)25-19-10-11-21-22(14-19)29-15-28-21/h2-11,14,23H,12-13,15H2,1H3,(H,25,27)/t23-/m0/s1. The van der Waals surface area contributed by atoms with E-state index in [0.717, 1.165) is 12.0 Å². The van der Waals surface area contributed by atoms with Crippen LogP contribution in [0, 0.1) is 6.92 Å². The van der Waals surface area contributed by atoms with Crippen LogP contribution in [0.3, 0.4) is 0 Å². The van der Waals surface area contributed by atoms with Crippen molar-refractivity contribution < 1.29 is 14.3 Å². The molecule has 5 nitrogen and oxygen atoms in total. The molecule has 29 heavy (non-hydrogen) atoms. The van der Waals surface area contributed by atoms with Crippen molar-refractivity contribution in [2.75, 3.05) is 18.7 Å². The number of nitrogens with zero attached hydrogens (tertiary/aromatic N) is 1. The van der Waals surface area contributed by atoms with Gasteiger partial charge >= 0.3 is 6.03 Å². The van der Waals surface area contributed by atoms with Crippen molar-refractivity contribution in [1.29, 1.82) is 0 Å². The van der Waals surface area contributed by atoms with Crippen LogP contribution in [0.1, 0.15) is 28.3 Å². The van der Waals surface area contributed by atoms with E-state index in [2.05, 4.69) is 54.7 Å². The van der Waals surface area contributed by atoms with Crippen LogP contribution < -0.4 is 14.8 Å². The SMILES string of the molecule is Cc1ccc([C@H]2c3ccccc3CCN2C(=O)Nc2ccc3c(c2)OCO3)cc1. The van der Waals surface area contributed by atoms with Crippen molar-refractivity contribution in [3.63, 3.8) is 0 Å². The number of fused-ring (bicyclic) bond motifs is 2. The van der Waals surface area contributed by atoms with Crippen molar-refractivity contribution in [3.8, 4) is 11.5 Å². The summed E-state index contributed by atoms with van der Waals surface area (Å²) in [5, 5.41) is 3.03. The lowest BCUT2D eigenvalue weighted by molar-refractivity contribution is 0.174. The number of anilines is 1. The van der Waals surface area contributed by atoms with Crippen molar-refractivity contribution in [3.05, 3.63) is 89.0 Å². The number of benzene rings is 3. The van der Waals surface area contributed by atoms with Crippen LogP contribution in [-0.4, -0.2) is 24.3 Å². The molecule has 146 valence electrons. The lowest BCUT2D eigenvalue weighted by atomic mass is 9.88. The fraction of sp³-hybridized carbons (Fsp3) is 0.208. The summed E-state index contributed by atoms with van der Waals surface area (Å²) in [5.41, 5.74) is 5.49. The van der Waals surface area contributed by atoms with Crippen LogP contribution in [-0.2, 0) is 6.42 Å². The average molecular weight is 386 g/mol. The van der Waals surface area contributed by atoms with Gasteiger partial charge in [0.1, 0.15) is 0 Å². The lowest BCUT2D eigenvalue weighted by Crippen LogP contribution is -2.43. The number of ether oxygens (including phenoxy) is 2. The number of carbonyl (C=O) groups excluding carboxylic acids is 1. The van der Waals surface area contributed by atoms with Gasteiger partial charge in [-0.3, -0.25) is 0 Å². The smallest absolute Gasteiger partial charge is 0.322 e. The van der Waals surface area contributed by atoms with Gasteiger partial charge in [0.15, 0.2) is 11.5 Å². The molecule has 0 radical (unpaired) electrons. The summed E-state index contributed by atoms with van der Waals surface area (Å²) in [6.07, 6.45) is 0.840. The number of nitrogens with one attached hydrogen (secondary N) is 1. The van der Waals surface area contributed by atoms with Gasteiger partial charge in [-0.1, -0.05) is 54.1 Å². The van der Waals surface area contributed by atoms with E-state index in [1.165, 1.54) is 16.7 Å². The molecule has 5 rings (SSSR count). The highest BCUT2D eigenvalue weighted by Gasteiger charge is 2.32. The first-order chi connectivity index (χ1) is 14.2. The second-order valence-electron chi connectivity index (χ2n) is 7.45. The maximum absolute atomic E-state index is 13.3. The third-order valence-electron chi connectivity index (χ3n) is 5.56. The molecule has 2 aliphatic rings. The van der Waals surface area contributed by atoms with E-state index < -0.39 is 0 Å². The van der Waals surface area contributed by atoms with Crippen LogP contribution in [0.5, 0.6) is 11.5 Å². The fourth-order valence-corrected chi connectivity index (χ4v) is 4.06. The molecule has 0 aliphatic carbocycles. The molecule has 1 N–H and O–H groups in total. The first-order valence-corrected chi connectivity index (χ1v) is 9.81. The number of hydrogen-bond donors (Lipinski definition) is 1. The largest absolute Gasteiger partial charge is 0.454 e. The Balaban J connectivity index is 1.47. The molecule has 2 heterocycles. The zero-order valence-electron chi connectivity index (χ0n) is 16.2. The first kappa shape index (κ1) is 17.6. The molecule has 2 aliphatic heterocycles. The van der Waals surface area contributed by atoms with Gasteiger partial charge in [0.05, 0.1) is 6.04 Å². The Hall–Kier alpha value is -3.47. The van der Waals surface area contributed by atoms with Gasteiger partial charge in [0.2, 0.25) is 6.79 Å². The van der Waals surface area contributed by atoms with E-state index in [9.17, 15) is 4.79 Å². The van der Waals surface area contributed by atoms with Gasteiger partial charge in [-0.05, 0) is 42.2 Å². The Labute approximate surface area is 169 Å². The maximum Gasteiger partial charge on any atom is 0.322 e. The summed E-state index contributed by atoms with van der Waals surface area (Å²) in [5.74, 6) is 1.36. The summed E-state index contributed by atoms with van der Waals surface area (Å²) >= 11 is 0. The Morgan fingerprint density at radius 2 is 1.79 bits per heavy atom. The molecule has 0 spiro atoms. The predicted molar refractivity (Wildman–Crippen MR) is 111 cm³/mol. The third kappa shape index (κ3) is 3.29. The zero-order valence-corrected chi connectivity index (χ0v) is 16.2. The van der Waals surface area contributed by atoms with E-state index in [0.29, 0.717) is 23.7 Å². The monoisotopic (exact) mass is 386 g/mol. The Morgan fingerprint density at radius 3 is 2.66 bits per heavy atom. The minimum absolute atomic E-state index is 0.116. The highest BCUT2D eigenvalue weighted by atomic mass is 16.7. The molecule has 0 saturated carbocycles. The number of rotatable bonds is 2. The van der Waals surface area contributed by atoms with E-state index in [1.54, 1.807) is 6.07 Å². The van der Waals surface area contributed by atoms with E-state index >= 15 is 0 Å². The highest BCUT2D eigenvalue weighted by Crippen LogP contribution is 2.37. The summed E-state index contributed by atoms with van der Waals surface area (Å²) in [6, 6.07) is 22.0. The normalized spacial score (nSPS) is 17.0. The van der Waals surface area contributed by atoms with Gasteiger partial charge in [-0.25, -0.2) is 4.79 Å². The highest BCUT2D eigenvalue weighted by molar-refractivity contribution is 5.90.